The first kappa shape index (κ1) is 17.5. The Morgan fingerprint density at radius 1 is 1.35 bits per heavy atom. The Labute approximate surface area is 153 Å². The normalized spacial score (nSPS) is 31.4. The Kier molecular flexibility index (Phi) is 4.46. The molecular formula is C18H27N5O3. The van der Waals surface area contributed by atoms with Crippen molar-refractivity contribution in [3.05, 3.63) is 12.2 Å². The van der Waals surface area contributed by atoms with Gasteiger partial charge in [0.25, 0.3) is 5.91 Å². The standard InChI is InChI=1S/C18H27N5O3/c1-12-10-23(17(25)15-20-11-22(2)21-15)8-7-18(12)6-5-14(26-18)16(24)19-9-13-3-4-13/h11-14H,3-10H2,1-2H3,(H,19,24). The Balaban J connectivity index is 1.34. The van der Waals surface area contributed by atoms with Crippen LogP contribution in [0.15, 0.2) is 6.33 Å². The van der Waals surface area contributed by atoms with Gasteiger partial charge in [0.15, 0.2) is 0 Å². The summed E-state index contributed by atoms with van der Waals surface area (Å²) in [6.45, 7) is 4.10. The van der Waals surface area contributed by atoms with Gasteiger partial charge in [0.2, 0.25) is 11.7 Å². The number of amides is 2. The minimum atomic E-state index is -0.351. The van der Waals surface area contributed by atoms with E-state index in [1.165, 1.54) is 23.9 Å². The van der Waals surface area contributed by atoms with Gasteiger partial charge in [0.1, 0.15) is 12.4 Å². The van der Waals surface area contributed by atoms with Crippen LogP contribution < -0.4 is 5.32 Å². The molecule has 3 fully saturated rings. The maximum absolute atomic E-state index is 12.6. The van der Waals surface area contributed by atoms with Gasteiger partial charge in [-0.2, -0.15) is 0 Å². The number of ether oxygens (including phenoxy) is 1. The van der Waals surface area contributed by atoms with E-state index in [0.717, 1.165) is 25.8 Å². The number of aromatic nitrogens is 3. The third kappa shape index (κ3) is 3.34. The third-order valence-corrected chi connectivity index (χ3v) is 6.04. The molecule has 2 saturated heterocycles. The average molecular weight is 361 g/mol. The number of nitrogens with zero attached hydrogens (tertiary/aromatic N) is 4. The fraction of sp³-hybridized carbons (Fsp3) is 0.778. The van der Waals surface area contributed by atoms with Crippen LogP contribution in [-0.4, -0.2) is 62.8 Å². The molecule has 1 saturated carbocycles. The van der Waals surface area contributed by atoms with Crippen molar-refractivity contribution in [2.24, 2.45) is 18.9 Å². The van der Waals surface area contributed by atoms with Crippen LogP contribution in [0.3, 0.4) is 0 Å². The number of piperidine rings is 1. The zero-order chi connectivity index (χ0) is 18.3. The third-order valence-electron chi connectivity index (χ3n) is 6.04. The van der Waals surface area contributed by atoms with Gasteiger partial charge in [-0.05, 0) is 38.0 Å². The van der Waals surface area contributed by atoms with E-state index in [-0.39, 0.29) is 35.3 Å². The topological polar surface area (TPSA) is 89.4 Å². The van der Waals surface area contributed by atoms with Crippen LogP contribution in [0.25, 0.3) is 0 Å². The Bertz CT molecular complexity index is 701. The van der Waals surface area contributed by atoms with Crippen molar-refractivity contribution < 1.29 is 14.3 Å². The summed E-state index contributed by atoms with van der Waals surface area (Å²) < 4.78 is 7.80. The van der Waals surface area contributed by atoms with E-state index in [1.807, 2.05) is 0 Å². The second-order valence-corrected chi connectivity index (χ2v) is 8.04. The Morgan fingerprint density at radius 2 is 2.15 bits per heavy atom. The van der Waals surface area contributed by atoms with Crippen molar-refractivity contribution in [3.63, 3.8) is 0 Å². The molecule has 3 aliphatic rings. The highest BCUT2D eigenvalue weighted by molar-refractivity contribution is 5.90. The van der Waals surface area contributed by atoms with Crippen LogP contribution in [0, 0.1) is 11.8 Å². The summed E-state index contributed by atoms with van der Waals surface area (Å²) in [4.78, 5) is 30.8. The Morgan fingerprint density at radius 3 is 2.81 bits per heavy atom. The summed E-state index contributed by atoms with van der Waals surface area (Å²) in [7, 11) is 1.75. The van der Waals surface area contributed by atoms with Crippen molar-refractivity contribution in [1.82, 2.24) is 25.0 Å². The predicted molar refractivity (Wildman–Crippen MR) is 93.3 cm³/mol. The molecule has 1 aliphatic carbocycles. The van der Waals surface area contributed by atoms with Gasteiger partial charge < -0.3 is 15.0 Å². The lowest BCUT2D eigenvalue weighted by Gasteiger charge is -2.43. The molecule has 1 spiro atoms. The molecule has 3 unspecified atom stereocenters. The van der Waals surface area contributed by atoms with E-state index in [2.05, 4.69) is 22.3 Å². The van der Waals surface area contributed by atoms with E-state index in [1.54, 1.807) is 11.9 Å². The zero-order valence-corrected chi connectivity index (χ0v) is 15.5. The van der Waals surface area contributed by atoms with Crippen LogP contribution in [-0.2, 0) is 16.6 Å². The summed E-state index contributed by atoms with van der Waals surface area (Å²) in [6, 6.07) is 0. The highest BCUT2D eigenvalue weighted by Gasteiger charge is 2.49. The molecule has 0 bridgehead atoms. The Hall–Kier alpha value is -1.96. The fourth-order valence-electron chi connectivity index (χ4n) is 4.11. The quantitative estimate of drug-likeness (QED) is 0.854. The number of carbonyl (C=O) groups is 2. The van der Waals surface area contributed by atoms with Gasteiger partial charge >= 0.3 is 0 Å². The molecule has 26 heavy (non-hydrogen) atoms. The molecule has 1 aromatic rings. The zero-order valence-electron chi connectivity index (χ0n) is 15.5. The first-order valence-corrected chi connectivity index (χ1v) is 9.57. The number of nitrogens with one attached hydrogen (secondary N) is 1. The molecule has 2 amide bonds. The summed E-state index contributed by atoms with van der Waals surface area (Å²) in [6.07, 6.45) is 6.02. The monoisotopic (exact) mass is 361 g/mol. The van der Waals surface area contributed by atoms with E-state index in [4.69, 9.17) is 4.74 Å². The minimum absolute atomic E-state index is 0.0252. The molecule has 8 nitrogen and oxygen atoms in total. The molecule has 3 atom stereocenters. The highest BCUT2D eigenvalue weighted by atomic mass is 16.5. The number of aryl methyl sites for hydroxylation is 1. The summed E-state index contributed by atoms with van der Waals surface area (Å²) in [5.74, 6) is 0.967. The number of hydrogen-bond donors (Lipinski definition) is 1. The summed E-state index contributed by atoms with van der Waals surface area (Å²) >= 11 is 0. The average Bonchev–Trinajstić information content (AvgIpc) is 3.20. The predicted octanol–water partition coefficient (Wildman–Crippen LogP) is 0.741. The maximum atomic E-state index is 12.6. The van der Waals surface area contributed by atoms with Crippen molar-refractivity contribution in [2.75, 3.05) is 19.6 Å². The number of carbonyl (C=O) groups excluding carboxylic acids is 2. The van der Waals surface area contributed by atoms with Crippen LogP contribution >= 0.6 is 0 Å². The van der Waals surface area contributed by atoms with Gasteiger partial charge in [-0.15, -0.1) is 5.10 Å². The lowest BCUT2D eigenvalue weighted by molar-refractivity contribution is -0.146. The van der Waals surface area contributed by atoms with Crippen molar-refractivity contribution >= 4 is 11.8 Å². The van der Waals surface area contributed by atoms with Gasteiger partial charge in [0.05, 0.1) is 5.60 Å². The highest BCUT2D eigenvalue weighted by Crippen LogP contribution is 2.42. The van der Waals surface area contributed by atoms with Gasteiger partial charge in [-0.3, -0.25) is 14.3 Å². The fourth-order valence-corrected chi connectivity index (χ4v) is 4.11. The van der Waals surface area contributed by atoms with Gasteiger partial charge in [-0.25, -0.2) is 4.98 Å². The number of hydrogen-bond acceptors (Lipinski definition) is 5. The molecule has 1 N–H and O–H groups in total. The SMILES string of the molecule is CC1CN(C(=O)c2ncn(C)n2)CCC12CCC(C(=O)NCC1CC1)O2. The largest absolute Gasteiger partial charge is 0.362 e. The van der Waals surface area contributed by atoms with E-state index < -0.39 is 0 Å². The van der Waals surface area contributed by atoms with E-state index in [0.29, 0.717) is 19.0 Å². The molecule has 0 radical (unpaired) electrons. The maximum Gasteiger partial charge on any atom is 0.293 e. The molecule has 2 aliphatic heterocycles. The smallest absolute Gasteiger partial charge is 0.293 e. The molecule has 8 heteroatoms. The molecular weight excluding hydrogens is 334 g/mol. The number of rotatable bonds is 4. The summed E-state index contributed by atoms with van der Waals surface area (Å²) in [5, 5.41) is 7.13. The lowest BCUT2D eigenvalue weighted by atomic mass is 9.80. The van der Waals surface area contributed by atoms with Crippen LogP contribution in [0.2, 0.25) is 0 Å². The minimum Gasteiger partial charge on any atom is -0.362 e. The van der Waals surface area contributed by atoms with Crippen molar-refractivity contribution in [2.45, 2.75) is 50.7 Å². The first-order chi connectivity index (χ1) is 12.5. The number of likely N-dealkylation sites (tertiary alicyclic amines) is 1. The molecule has 1 aromatic heterocycles. The van der Waals surface area contributed by atoms with Crippen molar-refractivity contribution in [1.29, 1.82) is 0 Å². The van der Waals surface area contributed by atoms with Gasteiger partial charge in [-0.1, -0.05) is 6.92 Å². The van der Waals surface area contributed by atoms with E-state index >= 15 is 0 Å². The van der Waals surface area contributed by atoms with Crippen molar-refractivity contribution in [3.8, 4) is 0 Å². The van der Waals surface area contributed by atoms with E-state index in [9.17, 15) is 9.59 Å². The molecule has 0 aromatic carbocycles. The second kappa shape index (κ2) is 6.64. The van der Waals surface area contributed by atoms with Crippen LogP contribution in [0.5, 0.6) is 0 Å². The molecule has 142 valence electrons. The molecule has 3 heterocycles. The van der Waals surface area contributed by atoms with Crippen LogP contribution in [0.4, 0.5) is 0 Å². The summed E-state index contributed by atoms with van der Waals surface area (Å²) in [5.41, 5.74) is -0.296. The lowest BCUT2D eigenvalue weighted by Crippen LogP contribution is -2.53. The van der Waals surface area contributed by atoms with Gasteiger partial charge in [0, 0.05) is 32.6 Å². The van der Waals surface area contributed by atoms with Crippen LogP contribution in [0.1, 0.15) is 49.6 Å². The second-order valence-electron chi connectivity index (χ2n) is 8.04. The molecule has 4 rings (SSSR count). The first-order valence-electron chi connectivity index (χ1n) is 9.57.